The van der Waals surface area contributed by atoms with Gasteiger partial charge in [0.05, 0.1) is 18.7 Å². The molecule has 1 N–H and O–H groups in total. The molecule has 3 nitrogen and oxygen atoms in total. The molecule has 0 saturated carbocycles. The molecule has 0 radical (unpaired) electrons. The zero-order valence-corrected chi connectivity index (χ0v) is 9.96. The van der Waals surface area contributed by atoms with Crippen LogP contribution in [-0.4, -0.2) is 25.5 Å². The number of alkyl halides is 2. The first-order valence-electron chi connectivity index (χ1n) is 5.20. The summed E-state index contributed by atoms with van der Waals surface area (Å²) in [5.41, 5.74) is 1.49. The quantitative estimate of drug-likeness (QED) is 0.826. The molecular formula is C12H15F2NO2. The monoisotopic (exact) mass is 243 g/mol. The smallest absolute Gasteiger partial charge is 0.338 e. The van der Waals surface area contributed by atoms with Gasteiger partial charge < -0.3 is 10.1 Å². The van der Waals surface area contributed by atoms with Gasteiger partial charge in [0.1, 0.15) is 0 Å². The van der Waals surface area contributed by atoms with Crippen molar-refractivity contribution < 1.29 is 18.3 Å². The number of ether oxygens (including phenoxy) is 1. The van der Waals surface area contributed by atoms with E-state index in [-0.39, 0.29) is 0 Å². The number of anilines is 1. The van der Waals surface area contributed by atoms with Crippen LogP contribution in [0.15, 0.2) is 18.2 Å². The first-order valence-corrected chi connectivity index (χ1v) is 5.20. The first kappa shape index (κ1) is 13.4. The number of carbonyl (C=O) groups excluding carboxylic acids is 1. The van der Waals surface area contributed by atoms with Gasteiger partial charge in [-0.3, -0.25) is 0 Å². The molecule has 0 aromatic heterocycles. The fraction of sp³-hybridized carbons (Fsp3) is 0.417. The van der Waals surface area contributed by atoms with Crippen LogP contribution in [0, 0.1) is 6.92 Å². The Morgan fingerprint density at radius 1 is 1.41 bits per heavy atom. The minimum atomic E-state index is -2.46. The Kier molecular flexibility index (Phi) is 4.43. The molecule has 0 spiro atoms. The van der Waals surface area contributed by atoms with Crippen LogP contribution >= 0.6 is 0 Å². The third-order valence-corrected chi connectivity index (χ3v) is 2.50. The van der Waals surface area contributed by atoms with Gasteiger partial charge in [-0.2, -0.15) is 0 Å². The average molecular weight is 243 g/mol. The highest BCUT2D eigenvalue weighted by Gasteiger charge is 2.17. The van der Waals surface area contributed by atoms with E-state index in [0.29, 0.717) is 16.8 Å². The molecule has 94 valence electrons. The number of esters is 1. The summed E-state index contributed by atoms with van der Waals surface area (Å²) in [4.78, 5) is 11.4. The highest BCUT2D eigenvalue weighted by molar-refractivity contribution is 5.92. The van der Waals surface area contributed by atoms with Crippen LogP contribution < -0.4 is 5.32 Å². The Morgan fingerprint density at radius 2 is 2.06 bits per heavy atom. The number of hydrogen-bond acceptors (Lipinski definition) is 3. The van der Waals surface area contributed by atoms with Gasteiger partial charge in [-0.15, -0.1) is 0 Å². The number of rotatable bonds is 4. The number of halogens is 2. The number of carbonyl (C=O) groups is 1. The molecule has 1 aromatic carbocycles. The lowest BCUT2D eigenvalue weighted by Crippen LogP contribution is -2.24. The zero-order valence-electron chi connectivity index (χ0n) is 9.96. The number of hydrogen-bond donors (Lipinski definition) is 1. The van der Waals surface area contributed by atoms with Crippen molar-refractivity contribution in [2.75, 3.05) is 12.4 Å². The van der Waals surface area contributed by atoms with Crippen LogP contribution in [0.3, 0.4) is 0 Å². The summed E-state index contributed by atoms with van der Waals surface area (Å²) >= 11 is 0. The normalized spacial score (nSPS) is 12.4. The number of benzene rings is 1. The molecule has 0 aliphatic carbocycles. The molecule has 17 heavy (non-hydrogen) atoms. The van der Waals surface area contributed by atoms with E-state index >= 15 is 0 Å². The summed E-state index contributed by atoms with van der Waals surface area (Å²) in [7, 11) is 1.28. The lowest BCUT2D eigenvalue weighted by molar-refractivity contribution is 0.0600. The predicted molar refractivity (Wildman–Crippen MR) is 61.6 cm³/mol. The second-order valence-corrected chi connectivity index (χ2v) is 3.74. The molecule has 1 unspecified atom stereocenters. The van der Waals surface area contributed by atoms with E-state index in [1.807, 2.05) is 0 Å². The van der Waals surface area contributed by atoms with Crippen LogP contribution in [0.5, 0.6) is 0 Å². The Hall–Kier alpha value is -1.65. The molecule has 5 heteroatoms. The lowest BCUT2D eigenvalue weighted by atomic mass is 10.1. The van der Waals surface area contributed by atoms with Gasteiger partial charge in [0.15, 0.2) is 0 Å². The highest BCUT2D eigenvalue weighted by atomic mass is 19.3. The average Bonchev–Trinajstić information content (AvgIpc) is 2.30. The predicted octanol–water partition coefficient (Wildman–Crippen LogP) is 2.85. The molecule has 0 aliphatic rings. The Morgan fingerprint density at radius 3 is 2.59 bits per heavy atom. The van der Waals surface area contributed by atoms with Gasteiger partial charge in [0.25, 0.3) is 6.43 Å². The van der Waals surface area contributed by atoms with E-state index < -0.39 is 18.4 Å². The van der Waals surface area contributed by atoms with Crippen LogP contribution in [0.4, 0.5) is 14.5 Å². The van der Waals surface area contributed by atoms with Crippen LogP contribution in [-0.2, 0) is 4.74 Å². The number of nitrogens with one attached hydrogen (secondary N) is 1. The fourth-order valence-electron chi connectivity index (χ4n) is 1.43. The largest absolute Gasteiger partial charge is 0.465 e. The molecule has 0 fully saturated rings. The van der Waals surface area contributed by atoms with Crippen molar-refractivity contribution in [2.45, 2.75) is 26.3 Å². The Bertz CT molecular complexity index is 407. The van der Waals surface area contributed by atoms with Gasteiger partial charge in [-0.1, -0.05) is 6.07 Å². The topological polar surface area (TPSA) is 38.3 Å². The fourth-order valence-corrected chi connectivity index (χ4v) is 1.43. The summed E-state index contributed by atoms with van der Waals surface area (Å²) in [6.45, 7) is 3.07. The van der Waals surface area contributed by atoms with E-state index in [2.05, 4.69) is 10.1 Å². The maximum absolute atomic E-state index is 12.4. The van der Waals surface area contributed by atoms with Crippen molar-refractivity contribution in [2.24, 2.45) is 0 Å². The molecule has 0 amide bonds. The van der Waals surface area contributed by atoms with Crippen molar-refractivity contribution in [1.29, 1.82) is 0 Å². The highest BCUT2D eigenvalue weighted by Crippen LogP contribution is 2.21. The van der Waals surface area contributed by atoms with E-state index in [0.717, 1.165) is 0 Å². The molecule has 0 bridgehead atoms. The van der Waals surface area contributed by atoms with Crippen molar-refractivity contribution >= 4 is 11.7 Å². The molecular weight excluding hydrogens is 228 g/mol. The second kappa shape index (κ2) is 5.61. The van der Waals surface area contributed by atoms with E-state index in [1.165, 1.54) is 14.0 Å². The third-order valence-electron chi connectivity index (χ3n) is 2.50. The standard InChI is InChI=1S/C12H15F2NO2/c1-7-9(12(16)17-3)5-4-6-10(7)15-8(2)11(13)14/h4-6,8,11,15H,1-3H3. The molecule has 0 heterocycles. The van der Waals surface area contributed by atoms with Crippen molar-refractivity contribution in [3.8, 4) is 0 Å². The minimum Gasteiger partial charge on any atom is -0.465 e. The SMILES string of the molecule is COC(=O)c1cccc(NC(C)C(F)F)c1C. The summed E-state index contributed by atoms with van der Waals surface area (Å²) in [5, 5.41) is 2.67. The van der Waals surface area contributed by atoms with Crippen molar-refractivity contribution in [3.05, 3.63) is 29.3 Å². The molecule has 1 aromatic rings. The number of methoxy groups -OCH3 is 1. The van der Waals surface area contributed by atoms with Crippen LogP contribution in [0.25, 0.3) is 0 Å². The van der Waals surface area contributed by atoms with E-state index in [9.17, 15) is 13.6 Å². The maximum atomic E-state index is 12.4. The minimum absolute atomic E-state index is 0.374. The van der Waals surface area contributed by atoms with Gasteiger partial charge in [-0.25, -0.2) is 13.6 Å². The second-order valence-electron chi connectivity index (χ2n) is 3.74. The lowest BCUT2D eigenvalue weighted by Gasteiger charge is -2.17. The summed E-state index contributed by atoms with van der Waals surface area (Å²) < 4.78 is 29.4. The third kappa shape index (κ3) is 3.15. The summed E-state index contributed by atoms with van der Waals surface area (Å²) in [6, 6.07) is 3.90. The van der Waals surface area contributed by atoms with Crippen LogP contribution in [0.1, 0.15) is 22.8 Å². The van der Waals surface area contributed by atoms with Gasteiger partial charge in [0, 0.05) is 5.69 Å². The maximum Gasteiger partial charge on any atom is 0.338 e. The summed E-state index contributed by atoms with van der Waals surface area (Å²) in [5.74, 6) is -0.476. The zero-order chi connectivity index (χ0) is 13.0. The van der Waals surface area contributed by atoms with Gasteiger partial charge in [-0.05, 0) is 31.5 Å². The van der Waals surface area contributed by atoms with Crippen molar-refractivity contribution in [3.63, 3.8) is 0 Å². The first-order chi connectivity index (χ1) is 7.97. The van der Waals surface area contributed by atoms with E-state index in [4.69, 9.17) is 0 Å². The molecule has 0 aliphatic heterocycles. The Balaban J connectivity index is 2.98. The van der Waals surface area contributed by atoms with Crippen molar-refractivity contribution in [1.82, 2.24) is 0 Å². The summed E-state index contributed by atoms with van der Waals surface area (Å²) in [6.07, 6.45) is -2.46. The molecule has 1 atom stereocenters. The van der Waals surface area contributed by atoms with Crippen LogP contribution in [0.2, 0.25) is 0 Å². The van der Waals surface area contributed by atoms with Gasteiger partial charge >= 0.3 is 5.97 Å². The molecule has 0 saturated heterocycles. The Labute approximate surface area is 98.8 Å². The van der Waals surface area contributed by atoms with Gasteiger partial charge in [0.2, 0.25) is 0 Å². The van der Waals surface area contributed by atoms with E-state index in [1.54, 1.807) is 25.1 Å². The molecule has 1 rings (SSSR count).